The van der Waals surface area contributed by atoms with E-state index in [4.69, 9.17) is 11.6 Å². The van der Waals surface area contributed by atoms with Gasteiger partial charge in [-0.1, -0.05) is 23.7 Å². The van der Waals surface area contributed by atoms with Crippen LogP contribution in [0.15, 0.2) is 63.5 Å². The van der Waals surface area contributed by atoms with E-state index in [1.165, 1.54) is 34.8 Å². The molecular formula is C16H14ClNO3S3. The van der Waals surface area contributed by atoms with Crippen molar-refractivity contribution < 1.29 is 13.5 Å². The number of aliphatic hydroxyl groups is 1. The molecule has 2 heterocycles. The van der Waals surface area contributed by atoms with Crippen LogP contribution < -0.4 is 4.72 Å². The number of benzene rings is 1. The summed E-state index contributed by atoms with van der Waals surface area (Å²) in [4.78, 5) is 0.739. The lowest BCUT2D eigenvalue weighted by molar-refractivity contribution is 0.0903. The summed E-state index contributed by atoms with van der Waals surface area (Å²) in [6, 6.07) is 11.4. The Hall–Kier alpha value is -1.22. The van der Waals surface area contributed by atoms with Gasteiger partial charge in [0.2, 0.25) is 10.0 Å². The summed E-state index contributed by atoms with van der Waals surface area (Å²) in [6.07, 6.45) is 0. The zero-order chi connectivity index (χ0) is 17.2. The minimum absolute atomic E-state index is 0.0637. The lowest BCUT2D eigenvalue weighted by Crippen LogP contribution is -2.40. The smallest absolute Gasteiger partial charge is 0.240 e. The van der Waals surface area contributed by atoms with Crippen LogP contribution in [0.4, 0.5) is 0 Å². The minimum Gasteiger partial charge on any atom is -0.378 e. The predicted molar refractivity (Wildman–Crippen MR) is 98.3 cm³/mol. The van der Waals surface area contributed by atoms with E-state index in [9.17, 15) is 13.5 Å². The molecule has 0 unspecified atom stereocenters. The van der Waals surface area contributed by atoms with Gasteiger partial charge < -0.3 is 5.11 Å². The van der Waals surface area contributed by atoms with E-state index in [0.717, 1.165) is 0 Å². The second kappa shape index (κ2) is 6.95. The van der Waals surface area contributed by atoms with Gasteiger partial charge in [0.05, 0.1) is 4.90 Å². The molecule has 0 fully saturated rings. The molecule has 1 atom stereocenters. The van der Waals surface area contributed by atoms with Gasteiger partial charge in [0.25, 0.3) is 0 Å². The number of hydrogen-bond donors (Lipinski definition) is 2. The fourth-order valence-electron chi connectivity index (χ4n) is 2.26. The van der Waals surface area contributed by atoms with Crippen molar-refractivity contribution >= 4 is 44.3 Å². The highest BCUT2D eigenvalue weighted by Gasteiger charge is 2.34. The Morgan fingerprint density at radius 2 is 2.00 bits per heavy atom. The first-order valence-corrected chi connectivity index (χ1v) is 10.6. The van der Waals surface area contributed by atoms with Crippen molar-refractivity contribution in [1.29, 1.82) is 0 Å². The molecule has 126 valence electrons. The van der Waals surface area contributed by atoms with Gasteiger partial charge in [-0.15, -0.1) is 11.3 Å². The van der Waals surface area contributed by atoms with Crippen molar-refractivity contribution in [2.24, 2.45) is 0 Å². The summed E-state index contributed by atoms with van der Waals surface area (Å²) < 4.78 is 27.5. The first-order valence-electron chi connectivity index (χ1n) is 6.96. The van der Waals surface area contributed by atoms with Crippen LogP contribution in [-0.4, -0.2) is 20.1 Å². The maximum Gasteiger partial charge on any atom is 0.240 e. The van der Waals surface area contributed by atoms with Crippen LogP contribution in [0, 0.1) is 0 Å². The molecule has 0 aliphatic carbocycles. The fraction of sp³-hybridized carbons (Fsp3) is 0.125. The average Bonchev–Trinajstić information content (AvgIpc) is 3.26. The van der Waals surface area contributed by atoms with E-state index in [1.807, 2.05) is 22.2 Å². The van der Waals surface area contributed by atoms with Gasteiger partial charge in [0.15, 0.2) is 0 Å². The summed E-state index contributed by atoms with van der Waals surface area (Å²) in [5.41, 5.74) is -0.761. The molecule has 0 aliphatic rings. The molecule has 0 bridgehead atoms. The Morgan fingerprint density at radius 1 is 1.17 bits per heavy atom. The van der Waals surface area contributed by atoms with Crippen molar-refractivity contribution in [2.75, 3.05) is 6.54 Å². The zero-order valence-corrected chi connectivity index (χ0v) is 15.6. The Labute approximate surface area is 153 Å². The number of hydrogen-bond acceptors (Lipinski definition) is 5. The van der Waals surface area contributed by atoms with Crippen molar-refractivity contribution in [2.45, 2.75) is 10.5 Å². The average molecular weight is 400 g/mol. The molecule has 2 aromatic heterocycles. The summed E-state index contributed by atoms with van der Waals surface area (Å²) in [7, 11) is -3.78. The molecule has 0 amide bonds. The molecule has 3 rings (SSSR count). The third kappa shape index (κ3) is 3.56. The predicted octanol–water partition coefficient (Wildman–Crippen LogP) is 3.68. The summed E-state index contributed by atoms with van der Waals surface area (Å²) in [5.74, 6) is 0. The maximum absolute atomic E-state index is 12.5. The number of thiophene rings is 2. The van der Waals surface area contributed by atoms with Gasteiger partial charge in [-0.25, -0.2) is 13.1 Å². The molecule has 2 N–H and O–H groups in total. The van der Waals surface area contributed by atoms with Gasteiger partial charge in [0.1, 0.15) is 5.60 Å². The summed E-state index contributed by atoms with van der Waals surface area (Å²) in [5, 5.41) is 17.0. The molecule has 24 heavy (non-hydrogen) atoms. The van der Waals surface area contributed by atoms with E-state index in [1.54, 1.807) is 24.3 Å². The van der Waals surface area contributed by atoms with Crippen molar-refractivity contribution in [3.63, 3.8) is 0 Å². The van der Waals surface area contributed by atoms with Crippen molar-refractivity contribution in [1.82, 2.24) is 4.72 Å². The first kappa shape index (κ1) is 17.6. The van der Waals surface area contributed by atoms with Crippen LogP contribution >= 0.6 is 34.3 Å². The molecule has 0 saturated carbocycles. The SMILES string of the molecule is O=S(=O)(NC[C@](O)(c1ccsc1)c1cccs1)c1cccc(Cl)c1. The molecule has 1 aromatic carbocycles. The normalized spacial score (nSPS) is 14.4. The minimum atomic E-state index is -3.78. The van der Waals surface area contributed by atoms with E-state index in [0.29, 0.717) is 15.5 Å². The lowest BCUT2D eigenvalue weighted by Gasteiger charge is -2.26. The van der Waals surface area contributed by atoms with Crippen LogP contribution in [0.25, 0.3) is 0 Å². The zero-order valence-electron chi connectivity index (χ0n) is 12.3. The van der Waals surface area contributed by atoms with Crippen LogP contribution in [0.5, 0.6) is 0 Å². The van der Waals surface area contributed by atoms with Crippen molar-refractivity contribution in [3.8, 4) is 0 Å². The molecule has 0 radical (unpaired) electrons. The fourth-order valence-corrected chi connectivity index (χ4v) is 5.19. The van der Waals surface area contributed by atoms with Gasteiger partial charge >= 0.3 is 0 Å². The molecule has 0 saturated heterocycles. The topological polar surface area (TPSA) is 66.4 Å². The van der Waals surface area contributed by atoms with E-state index < -0.39 is 15.6 Å². The van der Waals surface area contributed by atoms with Crippen LogP contribution in [0.1, 0.15) is 10.4 Å². The van der Waals surface area contributed by atoms with Gasteiger partial charge in [-0.3, -0.25) is 0 Å². The largest absolute Gasteiger partial charge is 0.378 e. The van der Waals surface area contributed by atoms with Crippen LogP contribution in [-0.2, 0) is 15.6 Å². The quantitative estimate of drug-likeness (QED) is 0.664. The highest BCUT2D eigenvalue weighted by molar-refractivity contribution is 7.89. The van der Waals surface area contributed by atoms with E-state index in [-0.39, 0.29) is 11.4 Å². The second-order valence-electron chi connectivity index (χ2n) is 5.13. The van der Waals surface area contributed by atoms with Gasteiger partial charge in [-0.2, -0.15) is 11.3 Å². The number of sulfonamides is 1. The molecule has 0 aliphatic heterocycles. The van der Waals surface area contributed by atoms with E-state index in [2.05, 4.69) is 4.72 Å². The highest BCUT2D eigenvalue weighted by Crippen LogP contribution is 2.34. The Balaban J connectivity index is 1.90. The Morgan fingerprint density at radius 3 is 2.62 bits per heavy atom. The molecule has 4 nitrogen and oxygen atoms in total. The van der Waals surface area contributed by atoms with E-state index >= 15 is 0 Å². The highest BCUT2D eigenvalue weighted by atomic mass is 35.5. The third-order valence-corrected chi connectivity index (χ3v) is 6.89. The number of rotatable bonds is 6. The molecule has 3 aromatic rings. The second-order valence-corrected chi connectivity index (χ2v) is 9.06. The summed E-state index contributed by atoms with van der Waals surface area (Å²) >= 11 is 8.69. The first-order chi connectivity index (χ1) is 11.4. The van der Waals surface area contributed by atoms with Crippen LogP contribution in [0.3, 0.4) is 0 Å². The third-order valence-electron chi connectivity index (χ3n) is 3.55. The Bertz CT molecular complexity index is 872. The number of nitrogens with one attached hydrogen (secondary N) is 1. The maximum atomic E-state index is 12.5. The monoisotopic (exact) mass is 399 g/mol. The number of halogens is 1. The molecule has 8 heteroatoms. The lowest BCUT2D eigenvalue weighted by atomic mass is 9.95. The molecular weight excluding hydrogens is 386 g/mol. The molecule has 0 spiro atoms. The van der Waals surface area contributed by atoms with Gasteiger partial charge in [0, 0.05) is 22.0 Å². The Kier molecular flexibility index (Phi) is 5.10. The standard InChI is InChI=1S/C16H14ClNO3S3/c17-13-3-1-4-14(9-13)24(20,21)18-11-16(19,12-6-8-22-10-12)15-5-2-7-23-15/h1-10,18-19H,11H2/t16-/m0/s1. The van der Waals surface area contributed by atoms with Crippen LogP contribution in [0.2, 0.25) is 5.02 Å². The van der Waals surface area contributed by atoms with Crippen molar-refractivity contribution in [3.05, 3.63) is 74.1 Å². The summed E-state index contributed by atoms with van der Waals surface area (Å²) in [6.45, 7) is -0.168. The van der Waals surface area contributed by atoms with Gasteiger partial charge in [-0.05, 0) is 46.5 Å².